The van der Waals surface area contributed by atoms with Crippen LogP contribution in [0.3, 0.4) is 0 Å². The van der Waals surface area contributed by atoms with Crippen molar-refractivity contribution in [3.8, 4) is 0 Å². The van der Waals surface area contributed by atoms with Crippen LogP contribution in [0.4, 0.5) is 0 Å². The SMILES string of the molecule is [Si]COCc1cccc(Cc2ccccc2)c1. The lowest BCUT2D eigenvalue weighted by molar-refractivity contribution is 0.165. The van der Waals surface area contributed by atoms with Gasteiger partial charge in [-0.25, -0.2) is 0 Å². The highest BCUT2D eigenvalue weighted by molar-refractivity contribution is 6.08. The van der Waals surface area contributed by atoms with E-state index < -0.39 is 0 Å². The largest absolute Gasteiger partial charge is 0.381 e. The van der Waals surface area contributed by atoms with Crippen LogP contribution in [0.1, 0.15) is 16.7 Å². The summed E-state index contributed by atoms with van der Waals surface area (Å²) in [4.78, 5) is 0. The number of rotatable bonds is 5. The van der Waals surface area contributed by atoms with Gasteiger partial charge in [-0.3, -0.25) is 0 Å². The molecule has 2 aromatic carbocycles. The topological polar surface area (TPSA) is 9.23 Å². The van der Waals surface area contributed by atoms with Crippen LogP contribution in [-0.4, -0.2) is 16.5 Å². The molecular weight excluding hydrogens is 224 g/mol. The number of hydrogen-bond donors (Lipinski definition) is 0. The minimum atomic E-state index is 0.572. The van der Waals surface area contributed by atoms with E-state index in [2.05, 4.69) is 58.8 Å². The molecule has 0 N–H and O–H groups in total. The Hall–Kier alpha value is -1.38. The molecule has 3 radical (unpaired) electrons. The molecule has 0 aliphatic carbocycles. The van der Waals surface area contributed by atoms with Crippen molar-refractivity contribution < 1.29 is 4.74 Å². The van der Waals surface area contributed by atoms with Crippen LogP contribution < -0.4 is 0 Å². The van der Waals surface area contributed by atoms with E-state index in [1.807, 2.05) is 6.07 Å². The Morgan fingerprint density at radius 3 is 2.29 bits per heavy atom. The Morgan fingerprint density at radius 1 is 0.824 bits per heavy atom. The molecular formula is C15H15OSi. The molecule has 2 heteroatoms. The van der Waals surface area contributed by atoms with Crippen LogP contribution in [0.15, 0.2) is 54.6 Å². The van der Waals surface area contributed by atoms with E-state index in [-0.39, 0.29) is 0 Å². The molecule has 1 nitrogen and oxygen atoms in total. The van der Waals surface area contributed by atoms with E-state index in [9.17, 15) is 0 Å². The summed E-state index contributed by atoms with van der Waals surface area (Å²) in [6, 6.07) is 19.0. The lowest BCUT2D eigenvalue weighted by Crippen LogP contribution is -1.96. The van der Waals surface area contributed by atoms with Gasteiger partial charge in [0.1, 0.15) is 0 Å². The number of benzene rings is 2. The molecule has 0 atom stereocenters. The maximum atomic E-state index is 5.34. The summed E-state index contributed by atoms with van der Waals surface area (Å²) in [5.74, 6) is 0. The zero-order valence-electron chi connectivity index (χ0n) is 9.73. The second kappa shape index (κ2) is 6.38. The van der Waals surface area contributed by atoms with Gasteiger partial charge in [-0.1, -0.05) is 54.6 Å². The van der Waals surface area contributed by atoms with Crippen LogP contribution in [0.25, 0.3) is 0 Å². The van der Waals surface area contributed by atoms with E-state index in [0.717, 1.165) is 6.42 Å². The van der Waals surface area contributed by atoms with Crippen LogP contribution in [-0.2, 0) is 17.8 Å². The molecule has 0 heterocycles. The standard InChI is InChI=1S/C15H15OSi/c17-12-16-11-15-8-4-7-14(10-15)9-13-5-2-1-3-6-13/h1-8,10H,9,11-12H2. The summed E-state index contributed by atoms with van der Waals surface area (Å²) in [7, 11) is 3.30. The molecule has 0 spiro atoms. The van der Waals surface area contributed by atoms with Crippen LogP contribution in [0, 0.1) is 0 Å². The molecule has 85 valence electrons. The highest BCUT2D eigenvalue weighted by Gasteiger charge is 1.98. The Labute approximate surface area is 106 Å². The molecule has 0 saturated carbocycles. The molecule has 2 rings (SSSR count). The van der Waals surface area contributed by atoms with E-state index in [4.69, 9.17) is 4.74 Å². The maximum Gasteiger partial charge on any atom is 0.0712 e. The van der Waals surface area contributed by atoms with Gasteiger partial charge < -0.3 is 4.74 Å². The normalized spacial score (nSPS) is 10.4. The second-order valence-electron chi connectivity index (χ2n) is 3.98. The summed E-state index contributed by atoms with van der Waals surface area (Å²) in [5.41, 5.74) is 3.88. The average molecular weight is 239 g/mol. The van der Waals surface area contributed by atoms with Gasteiger partial charge in [0.2, 0.25) is 0 Å². The summed E-state index contributed by atoms with van der Waals surface area (Å²) in [6.07, 6.45) is 1.55. The first-order chi connectivity index (χ1) is 8.38. The summed E-state index contributed by atoms with van der Waals surface area (Å²) < 4.78 is 5.34. The van der Waals surface area contributed by atoms with Gasteiger partial charge >= 0.3 is 0 Å². The third-order valence-corrected chi connectivity index (χ3v) is 2.82. The molecule has 0 saturated heterocycles. The Morgan fingerprint density at radius 2 is 1.53 bits per heavy atom. The highest BCUT2D eigenvalue weighted by Crippen LogP contribution is 2.12. The monoisotopic (exact) mass is 239 g/mol. The lowest BCUT2D eigenvalue weighted by Gasteiger charge is -2.05. The molecule has 0 amide bonds. The molecule has 0 fully saturated rings. The van der Waals surface area contributed by atoms with Crippen molar-refractivity contribution >= 4 is 10.2 Å². The molecule has 0 bridgehead atoms. The quantitative estimate of drug-likeness (QED) is 0.729. The molecule has 2 aromatic rings. The van der Waals surface area contributed by atoms with Gasteiger partial charge in [-0.15, -0.1) is 0 Å². The van der Waals surface area contributed by atoms with Crippen LogP contribution in [0.2, 0.25) is 0 Å². The molecule has 0 aliphatic heterocycles. The Bertz CT molecular complexity index is 453. The smallest absolute Gasteiger partial charge is 0.0712 e. The van der Waals surface area contributed by atoms with Crippen LogP contribution >= 0.6 is 0 Å². The second-order valence-corrected chi connectivity index (χ2v) is 4.26. The van der Waals surface area contributed by atoms with Crippen molar-refractivity contribution in [3.63, 3.8) is 0 Å². The van der Waals surface area contributed by atoms with E-state index in [1.54, 1.807) is 0 Å². The first-order valence-corrected chi connectivity index (χ1v) is 6.43. The minimum absolute atomic E-state index is 0.572. The molecule has 0 aliphatic rings. The first-order valence-electron chi connectivity index (χ1n) is 5.72. The van der Waals surface area contributed by atoms with E-state index in [0.29, 0.717) is 12.8 Å². The van der Waals surface area contributed by atoms with Crippen molar-refractivity contribution in [3.05, 3.63) is 71.3 Å². The van der Waals surface area contributed by atoms with E-state index >= 15 is 0 Å². The molecule has 0 unspecified atom stereocenters. The van der Waals surface area contributed by atoms with Crippen molar-refractivity contribution in [1.29, 1.82) is 0 Å². The van der Waals surface area contributed by atoms with Crippen molar-refractivity contribution in [2.45, 2.75) is 13.0 Å². The molecule has 17 heavy (non-hydrogen) atoms. The predicted molar refractivity (Wildman–Crippen MR) is 71.1 cm³/mol. The summed E-state index contributed by atoms with van der Waals surface area (Å²) >= 11 is 0. The fraction of sp³-hybridized carbons (Fsp3) is 0.200. The fourth-order valence-electron chi connectivity index (χ4n) is 1.83. The predicted octanol–water partition coefficient (Wildman–Crippen LogP) is 2.92. The first kappa shape index (κ1) is 12.1. The fourth-order valence-corrected chi connectivity index (χ4v) is 1.93. The van der Waals surface area contributed by atoms with Gasteiger partial charge in [0.15, 0.2) is 0 Å². The van der Waals surface area contributed by atoms with Gasteiger partial charge in [-0.2, -0.15) is 0 Å². The summed E-state index contributed by atoms with van der Waals surface area (Å²) in [5, 5.41) is 0. The minimum Gasteiger partial charge on any atom is -0.381 e. The third kappa shape index (κ3) is 3.84. The van der Waals surface area contributed by atoms with Gasteiger partial charge in [0, 0.05) is 6.23 Å². The van der Waals surface area contributed by atoms with E-state index in [1.165, 1.54) is 16.7 Å². The van der Waals surface area contributed by atoms with Crippen molar-refractivity contribution in [2.24, 2.45) is 0 Å². The zero-order chi connectivity index (χ0) is 11.9. The Balaban J connectivity index is 2.06. The molecule has 0 aromatic heterocycles. The van der Waals surface area contributed by atoms with Crippen molar-refractivity contribution in [1.82, 2.24) is 0 Å². The Kier molecular flexibility index (Phi) is 4.53. The number of ether oxygens (including phenoxy) is 1. The number of hydrogen-bond acceptors (Lipinski definition) is 1. The third-order valence-electron chi connectivity index (χ3n) is 2.61. The van der Waals surface area contributed by atoms with Gasteiger partial charge in [0.05, 0.1) is 16.8 Å². The van der Waals surface area contributed by atoms with Gasteiger partial charge in [0.25, 0.3) is 0 Å². The van der Waals surface area contributed by atoms with Crippen LogP contribution in [0.5, 0.6) is 0 Å². The lowest BCUT2D eigenvalue weighted by atomic mass is 10.0. The van der Waals surface area contributed by atoms with Gasteiger partial charge in [-0.05, 0) is 23.1 Å². The zero-order valence-corrected chi connectivity index (χ0v) is 10.7. The highest BCUT2D eigenvalue weighted by atomic mass is 28.1. The summed E-state index contributed by atoms with van der Waals surface area (Å²) in [6.45, 7) is 0.659. The maximum absolute atomic E-state index is 5.34. The van der Waals surface area contributed by atoms with Crippen molar-refractivity contribution in [2.75, 3.05) is 6.23 Å². The average Bonchev–Trinajstić information content (AvgIpc) is 2.38.